The summed E-state index contributed by atoms with van der Waals surface area (Å²) in [6.45, 7) is 6.00. The van der Waals surface area contributed by atoms with E-state index in [1.54, 1.807) is 0 Å². The fourth-order valence-corrected chi connectivity index (χ4v) is 4.04. The largest absolute Gasteiger partial charge is 0.303 e. The first-order valence-electron chi connectivity index (χ1n) is 6.09. The van der Waals surface area contributed by atoms with Crippen LogP contribution in [0.25, 0.3) is 0 Å². The third-order valence-electron chi connectivity index (χ3n) is 3.74. The summed E-state index contributed by atoms with van der Waals surface area (Å²) in [5, 5.41) is 3.81. The second kappa shape index (κ2) is 4.44. The van der Waals surface area contributed by atoms with Crippen molar-refractivity contribution in [2.45, 2.75) is 50.8 Å². The van der Waals surface area contributed by atoms with Crippen molar-refractivity contribution in [1.29, 1.82) is 0 Å². The van der Waals surface area contributed by atoms with Crippen LogP contribution in [0.5, 0.6) is 0 Å². The highest BCUT2D eigenvalue weighted by Gasteiger charge is 2.35. The first-order valence-corrected chi connectivity index (χ1v) is 7.08. The Bertz CT molecular complexity index is 179. The Morgan fingerprint density at radius 2 is 2.00 bits per heavy atom. The van der Waals surface area contributed by atoms with Crippen LogP contribution in [0.1, 0.15) is 46.0 Å². The molecule has 82 valence electrons. The summed E-state index contributed by atoms with van der Waals surface area (Å²) in [6.07, 6.45) is 7.09. The number of nitrogens with one attached hydrogen (secondary N) is 1. The highest BCUT2D eigenvalue weighted by molar-refractivity contribution is 8.00. The molecular formula is C12H23NS. The van der Waals surface area contributed by atoms with E-state index in [4.69, 9.17) is 0 Å². The number of thioether (sulfide) groups is 1. The summed E-state index contributed by atoms with van der Waals surface area (Å²) in [4.78, 5) is 0.470. The van der Waals surface area contributed by atoms with Crippen LogP contribution in [0.15, 0.2) is 0 Å². The van der Waals surface area contributed by atoms with Gasteiger partial charge in [0.2, 0.25) is 0 Å². The first-order chi connectivity index (χ1) is 6.70. The van der Waals surface area contributed by atoms with Gasteiger partial charge in [-0.15, -0.1) is 11.8 Å². The van der Waals surface area contributed by atoms with Crippen molar-refractivity contribution in [3.63, 3.8) is 0 Å². The minimum atomic E-state index is 0.470. The van der Waals surface area contributed by atoms with E-state index < -0.39 is 0 Å². The van der Waals surface area contributed by atoms with Crippen LogP contribution < -0.4 is 5.32 Å². The molecule has 2 aliphatic rings. The van der Waals surface area contributed by atoms with Gasteiger partial charge in [0.1, 0.15) is 0 Å². The van der Waals surface area contributed by atoms with Crippen molar-refractivity contribution in [3.8, 4) is 0 Å². The van der Waals surface area contributed by atoms with Gasteiger partial charge in [-0.25, -0.2) is 0 Å². The Labute approximate surface area is 92.4 Å². The Morgan fingerprint density at radius 3 is 2.71 bits per heavy atom. The van der Waals surface area contributed by atoms with Gasteiger partial charge in [0, 0.05) is 0 Å². The molecule has 0 amide bonds. The molecule has 0 aromatic heterocycles. The Balaban J connectivity index is 1.94. The minimum Gasteiger partial charge on any atom is -0.303 e. The molecule has 1 heterocycles. The predicted molar refractivity (Wildman–Crippen MR) is 64.6 cm³/mol. The maximum Gasteiger partial charge on any atom is 0.0645 e. The van der Waals surface area contributed by atoms with Gasteiger partial charge in [-0.2, -0.15) is 0 Å². The third-order valence-corrected chi connectivity index (χ3v) is 5.58. The maximum absolute atomic E-state index is 3.81. The molecule has 1 spiro atoms. The fourth-order valence-electron chi connectivity index (χ4n) is 2.58. The molecule has 14 heavy (non-hydrogen) atoms. The first kappa shape index (κ1) is 10.8. The molecule has 1 N–H and O–H groups in total. The fraction of sp³-hybridized carbons (Fsp3) is 1.00. The van der Waals surface area contributed by atoms with Crippen molar-refractivity contribution in [3.05, 3.63) is 0 Å². The quantitative estimate of drug-likeness (QED) is 0.663. The molecular weight excluding hydrogens is 190 g/mol. The lowest BCUT2D eigenvalue weighted by molar-refractivity contribution is 0.368. The minimum absolute atomic E-state index is 0.470. The van der Waals surface area contributed by atoms with E-state index in [1.807, 2.05) is 0 Å². The second-order valence-corrected chi connectivity index (χ2v) is 6.73. The van der Waals surface area contributed by atoms with Gasteiger partial charge in [0.15, 0.2) is 0 Å². The van der Waals surface area contributed by atoms with Crippen LogP contribution in [0, 0.1) is 11.8 Å². The lowest BCUT2D eigenvalue weighted by Crippen LogP contribution is -2.48. The Morgan fingerprint density at radius 1 is 1.14 bits per heavy atom. The highest BCUT2D eigenvalue weighted by atomic mass is 32.2. The highest BCUT2D eigenvalue weighted by Crippen LogP contribution is 2.41. The molecule has 0 radical (unpaired) electrons. The summed E-state index contributed by atoms with van der Waals surface area (Å²) in [7, 11) is 0. The van der Waals surface area contributed by atoms with Gasteiger partial charge in [0.05, 0.1) is 4.87 Å². The number of hydrogen-bond donors (Lipinski definition) is 1. The second-order valence-electron chi connectivity index (χ2n) is 5.33. The predicted octanol–water partition coefficient (Wildman–Crippen LogP) is 3.26. The Kier molecular flexibility index (Phi) is 3.43. The molecule has 3 unspecified atom stereocenters. The van der Waals surface area contributed by atoms with Crippen molar-refractivity contribution >= 4 is 11.8 Å². The molecule has 1 saturated carbocycles. The van der Waals surface area contributed by atoms with E-state index >= 15 is 0 Å². The molecule has 1 saturated heterocycles. The van der Waals surface area contributed by atoms with Gasteiger partial charge in [-0.1, -0.05) is 26.7 Å². The molecule has 3 atom stereocenters. The van der Waals surface area contributed by atoms with Crippen LogP contribution in [-0.2, 0) is 0 Å². The average Bonchev–Trinajstić information content (AvgIpc) is 2.36. The van der Waals surface area contributed by atoms with Crippen molar-refractivity contribution < 1.29 is 0 Å². The van der Waals surface area contributed by atoms with E-state index in [2.05, 4.69) is 30.9 Å². The molecule has 1 aliphatic carbocycles. The van der Waals surface area contributed by atoms with Crippen LogP contribution in [-0.4, -0.2) is 17.2 Å². The van der Waals surface area contributed by atoms with Crippen LogP contribution >= 0.6 is 11.8 Å². The van der Waals surface area contributed by atoms with Gasteiger partial charge in [-0.3, -0.25) is 0 Å². The maximum atomic E-state index is 3.81. The van der Waals surface area contributed by atoms with Crippen molar-refractivity contribution in [2.75, 3.05) is 12.3 Å². The zero-order valence-electron chi connectivity index (χ0n) is 9.51. The van der Waals surface area contributed by atoms with Gasteiger partial charge in [0.25, 0.3) is 0 Å². The van der Waals surface area contributed by atoms with E-state index in [9.17, 15) is 0 Å². The van der Waals surface area contributed by atoms with Crippen LogP contribution in [0.4, 0.5) is 0 Å². The topological polar surface area (TPSA) is 12.0 Å². The average molecular weight is 213 g/mol. The molecule has 2 heteroatoms. The molecule has 0 bridgehead atoms. The van der Waals surface area contributed by atoms with E-state index in [0.29, 0.717) is 4.87 Å². The number of rotatable bonds is 0. The molecule has 0 aromatic carbocycles. The van der Waals surface area contributed by atoms with Crippen LogP contribution in [0.2, 0.25) is 0 Å². The zero-order chi connectivity index (χ0) is 10.0. The summed E-state index contributed by atoms with van der Waals surface area (Å²) < 4.78 is 0. The molecule has 0 aromatic rings. The van der Waals surface area contributed by atoms with Crippen LogP contribution in [0.3, 0.4) is 0 Å². The molecule has 1 aliphatic heterocycles. The van der Waals surface area contributed by atoms with Gasteiger partial charge in [-0.05, 0) is 43.4 Å². The summed E-state index contributed by atoms with van der Waals surface area (Å²) >= 11 is 2.20. The smallest absolute Gasteiger partial charge is 0.0645 e. The van der Waals surface area contributed by atoms with Crippen molar-refractivity contribution in [1.82, 2.24) is 5.32 Å². The molecule has 1 nitrogen and oxygen atoms in total. The third kappa shape index (κ3) is 2.46. The monoisotopic (exact) mass is 213 g/mol. The summed E-state index contributed by atoms with van der Waals surface area (Å²) in [6, 6.07) is 0. The normalized spacial score (nSPS) is 45.0. The van der Waals surface area contributed by atoms with E-state index in [-0.39, 0.29) is 0 Å². The Hall–Kier alpha value is 0.310. The standard InChI is InChI=1S/C12H23NS/c1-10-4-3-6-12(7-5-10)13-8-11(2)9-14-12/h10-11,13H,3-9H2,1-2H3. The molecule has 2 rings (SSSR count). The van der Waals surface area contributed by atoms with E-state index in [1.165, 1.54) is 44.4 Å². The molecule has 2 fully saturated rings. The SMILES string of the molecule is CC1CCCC2(CC1)NCC(C)CS2. The van der Waals surface area contributed by atoms with E-state index in [0.717, 1.165) is 11.8 Å². The lowest BCUT2D eigenvalue weighted by Gasteiger charge is -2.39. The lowest BCUT2D eigenvalue weighted by atomic mass is 10.0. The van der Waals surface area contributed by atoms with Gasteiger partial charge < -0.3 is 5.32 Å². The number of hydrogen-bond acceptors (Lipinski definition) is 2. The zero-order valence-corrected chi connectivity index (χ0v) is 10.3. The summed E-state index contributed by atoms with van der Waals surface area (Å²) in [5.74, 6) is 3.18. The van der Waals surface area contributed by atoms with Crippen molar-refractivity contribution in [2.24, 2.45) is 11.8 Å². The van der Waals surface area contributed by atoms with Gasteiger partial charge >= 0.3 is 0 Å². The summed E-state index contributed by atoms with van der Waals surface area (Å²) in [5.41, 5.74) is 0.